The summed E-state index contributed by atoms with van der Waals surface area (Å²) in [4.78, 5) is 0. The lowest BCUT2D eigenvalue weighted by molar-refractivity contribution is -0.300. The molecule has 1 spiro atoms. The van der Waals surface area contributed by atoms with E-state index in [2.05, 4.69) is 0 Å². The maximum atomic E-state index is 10.6. The third kappa shape index (κ3) is 2.99. The van der Waals surface area contributed by atoms with Crippen molar-refractivity contribution >= 4 is 0 Å². The Kier molecular flexibility index (Phi) is 4.47. The van der Waals surface area contributed by atoms with Crippen molar-refractivity contribution in [2.45, 2.75) is 49.1 Å². The van der Waals surface area contributed by atoms with Crippen molar-refractivity contribution in [3.05, 3.63) is 41.0 Å². The van der Waals surface area contributed by atoms with Crippen molar-refractivity contribution in [1.82, 2.24) is 0 Å². The van der Waals surface area contributed by atoms with E-state index >= 15 is 0 Å². The molecule has 3 aliphatic rings. The number of hydrogen-bond acceptors (Lipinski definition) is 10. The van der Waals surface area contributed by atoms with Gasteiger partial charge in [-0.2, -0.15) is 0 Å². The summed E-state index contributed by atoms with van der Waals surface area (Å²) in [5.74, 6) is -2.09. The molecule has 5 rings (SSSR count). The van der Waals surface area contributed by atoms with Crippen molar-refractivity contribution in [3.8, 4) is 28.7 Å². The molecule has 0 amide bonds. The van der Waals surface area contributed by atoms with E-state index in [0.717, 1.165) is 0 Å². The summed E-state index contributed by atoms with van der Waals surface area (Å²) >= 11 is 0. The lowest BCUT2D eigenvalue weighted by Gasteiger charge is -2.41. The molecule has 1 saturated heterocycles. The topological polar surface area (TPSA) is 169 Å². The molecule has 2 aromatic rings. The summed E-state index contributed by atoms with van der Waals surface area (Å²) in [6.45, 7) is -0.255. The fourth-order valence-corrected chi connectivity index (χ4v) is 4.43. The van der Waals surface area contributed by atoms with Gasteiger partial charge >= 0.3 is 0 Å². The van der Waals surface area contributed by atoms with Crippen molar-refractivity contribution < 1.29 is 50.0 Å². The number of benzene rings is 2. The Morgan fingerprint density at radius 3 is 2.39 bits per heavy atom. The predicted molar refractivity (Wildman–Crippen MR) is 102 cm³/mol. The third-order valence-corrected chi connectivity index (χ3v) is 6.13. The summed E-state index contributed by atoms with van der Waals surface area (Å²) < 4.78 is 17.4. The van der Waals surface area contributed by atoms with Gasteiger partial charge in [-0.1, -0.05) is 6.07 Å². The Hall–Kier alpha value is -2.76. The molecule has 7 N–H and O–H groups in total. The molecule has 31 heavy (non-hydrogen) atoms. The van der Waals surface area contributed by atoms with Crippen molar-refractivity contribution in [2.24, 2.45) is 0 Å². The average Bonchev–Trinajstić information content (AvgIpc) is 3.11. The summed E-state index contributed by atoms with van der Waals surface area (Å²) in [7, 11) is 0. The van der Waals surface area contributed by atoms with Crippen LogP contribution in [0.5, 0.6) is 28.7 Å². The number of fused-ring (bicyclic) bond motifs is 3. The molecule has 10 heteroatoms. The molecule has 0 bridgehead atoms. The van der Waals surface area contributed by atoms with Crippen LogP contribution in [-0.4, -0.2) is 72.6 Å². The Balaban J connectivity index is 1.53. The lowest BCUT2D eigenvalue weighted by atomic mass is 9.89. The first kappa shape index (κ1) is 20.2. The van der Waals surface area contributed by atoms with E-state index < -0.39 is 36.3 Å². The minimum absolute atomic E-state index is 0.0282. The van der Waals surface area contributed by atoms with Crippen LogP contribution in [0, 0.1) is 0 Å². The minimum atomic E-state index is -1.66. The van der Waals surface area contributed by atoms with E-state index in [1.165, 1.54) is 24.3 Å². The molecule has 2 aromatic carbocycles. The fourth-order valence-electron chi connectivity index (χ4n) is 4.43. The normalized spacial score (nSPS) is 34.0. The molecule has 0 aromatic heterocycles. The number of phenols is 3. The highest BCUT2D eigenvalue weighted by molar-refractivity contribution is 5.60. The molecule has 3 aliphatic heterocycles. The average molecular weight is 434 g/mol. The summed E-state index contributed by atoms with van der Waals surface area (Å²) in [6.07, 6.45) is -6.26. The van der Waals surface area contributed by atoms with Crippen LogP contribution in [0.3, 0.4) is 0 Å². The van der Waals surface area contributed by atoms with Gasteiger partial charge in [-0.05, 0) is 17.7 Å². The van der Waals surface area contributed by atoms with E-state index in [1.54, 1.807) is 0 Å². The predicted octanol–water partition coefficient (Wildman–Crippen LogP) is -0.415. The van der Waals surface area contributed by atoms with Crippen LogP contribution >= 0.6 is 0 Å². The van der Waals surface area contributed by atoms with Gasteiger partial charge in [-0.15, -0.1) is 0 Å². The van der Waals surface area contributed by atoms with Gasteiger partial charge in [-0.3, -0.25) is 0 Å². The van der Waals surface area contributed by atoms with Gasteiger partial charge in [0.05, 0.1) is 12.7 Å². The first-order valence-electron chi connectivity index (χ1n) is 9.81. The second kappa shape index (κ2) is 6.87. The number of phenolic OH excluding ortho intramolecular Hbond substituents is 3. The van der Waals surface area contributed by atoms with Gasteiger partial charge in [0.15, 0.2) is 11.5 Å². The second-order valence-electron chi connectivity index (χ2n) is 8.14. The van der Waals surface area contributed by atoms with Gasteiger partial charge in [0.1, 0.15) is 41.7 Å². The standard InChI is InChI=1S/C21H22O10/c22-11-2-1-8(3-13(11)24)18-14(25)4-9-12(23)5-16-10(19(9)30-18)6-21(31-16)20(28)17(27)15(26)7-29-21/h1-3,5,14-15,17-18,20,22-28H,4,6-7H2/t14-,15+,17-,18+,20-,21-/m0/s1. The second-order valence-corrected chi connectivity index (χ2v) is 8.14. The molecule has 166 valence electrons. The van der Waals surface area contributed by atoms with E-state index in [4.69, 9.17) is 14.2 Å². The number of rotatable bonds is 1. The Morgan fingerprint density at radius 1 is 0.871 bits per heavy atom. The highest BCUT2D eigenvalue weighted by atomic mass is 16.7. The highest BCUT2D eigenvalue weighted by Gasteiger charge is 2.56. The molecule has 6 atom stereocenters. The first-order valence-corrected chi connectivity index (χ1v) is 9.81. The van der Waals surface area contributed by atoms with Crippen LogP contribution < -0.4 is 9.47 Å². The molecular formula is C21H22O10. The molecule has 0 aliphatic carbocycles. The summed E-state index contributed by atoms with van der Waals surface area (Å²) in [5, 5.41) is 70.8. The van der Waals surface area contributed by atoms with E-state index in [-0.39, 0.29) is 48.2 Å². The first-order chi connectivity index (χ1) is 14.7. The molecule has 0 radical (unpaired) electrons. The van der Waals surface area contributed by atoms with Crippen molar-refractivity contribution in [3.63, 3.8) is 0 Å². The minimum Gasteiger partial charge on any atom is -0.507 e. The van der Waals surface area contributed by atoms with Crippen LogP contribution in [0.15, 0.2) is 24.3 Å². The highest BCUT2D eigenvalue weighted by Crippen LogP contribution is 2.52. The summed E-state index contributed by atoms with van der Waals surface area (Å²) in [6, 6.07) is 5.39. The number of aromatic hydroxyl groups is 3. The molecule has 0 unspecified atom stereocenters. The fraction of sp³-hybridized carbons (Fsp3) is 0.429. The van der Waals surface area contributed by atoms with Gasteiger partial charge in [0, 0.05) is 30.0 Å². The quantitative estimate of drug-likeness (QED) is 0.293. The van der Waals surface area contributed by atoms with E-state index in [9.17, 15) is 35.7 Å². The van der Waals surface area contributed by atoms with Crippen molar-refractivity contribution in [2.75, 3.05) is 6.61 Å². The molecule has 1 fully saturated rings. The number of aliphatic hydroxyl groups excluding tert-OH is 4. The maximum absolute atomic E-state index is 10.6. The van der Waals surface area contributed by atoms with Gasteiger partial charge in [0.25, 0.3) is 0 Å². The molecule has 3 heterocycles. The van der Waals surface area contributed by atoms with Gasteiger partial charge in [0.2, 0.25) is 5.79 Å². The van der Waals surface area contributed by atoms with Crippen LogP contribution in [-0.2, 0) is 17.6 Å². The zero-order valence-electron chi connectivity index (χ0n) is 16.2. The van der Waals surface area contributed by atoms with Crippen LogP contribution in [0.25, 0.3) is 0 Å². The Bertz CT molecular complexity index is 1040. The Morgan fingerprint density at radius 2 is 1.65 bits per heavy atom. The zero-order chi connectivity index (χ0) is 22.1. The van der Waals surface area contributed by atoms with Gasteiger partial charge in [-0.25, -0.2) is 0 Å². The maximum Gasteiger partial charge on any atom is 0.243 e. The van der Waals surface area contributed by atoms with E-state index in [0.29, 0.717) is 16.7 Å². The largest absolute Gasteiger partial charge is 0.507 e. The smallest absolute Gasteiger partial charge is 0.243 e. The third-order valence-electron chi connectivity index (χ3n) is 6.13. The van der Waals surface area contributed by atoms with Gasteiger partial charge < -0.3 is 50.0 Å². The number of hydrogen-bond donors (Lipinski definition) is 7. The molecular weight excluding hydrogens is 412 g/mol. The SMILES string of the molecule is Oc1ccc([C@H]2Oc3c(c(O)cc4c3C[C@]3(OC[C@@H](O)[C@H](O)[C@@H]3O)O4)C[C@@H]2O)cc1O. The van der Waals surface area contributed by atoms with E-state index in [1.807, 2.05) is 0 Å². The monoisotopic (exact) mass is 434 g/mol. The van der Waals surface area contributed by atoms with Crippen LogP contribution in [0.1, 0.15) is 22.8 Å². The van der Waals surface area contributed by atoms with Crippen LogP contribution in [0.4, 0.5) is 0 Å². The lowest BCUT2D eigenvalue weighted by Crippen LogP contribution is -2.63. The summed E-state index contributed by atoms with van der Waals surface area (Å²) in [5.41, 5.74) is 1.22. The molecule has 10 nitrogen and oxygen atoms in total. The number of aliphatic hydroxyl groups is 4. The van der Waals surface area contributed by atoms with Crippen LogP contribution in [0.2, 0.25) is 0 Å². The van der Waals surface area contributed by atoms with Crippen molar-refractivity contribution in [1.29, 1.82) is 0 Å². The zero-order valence-corrected chi connectivity index (χ0v) is 16.2. The number of ether oxygens (including phenoxy) is 3. The molecule has 0 saturated carbocycles. The Labute approximate surface area is 176 Å².